The minimum absolute atomic E-state index is 0.0920. The second-order valence-corrected chi connectivity index (χ2v) is 12.6. The van der Waals surface area contributed by atoms with Crippen molar-refractivity contribution < 1.29 is 0 Å². The normalized spacial score (nSPS) is 17.1. The molecule has 226 valence electrons. The maximum atomic E-state index is 10.3. The van der Waals surface area contributed by atoms with Gasteiger partial charge in [0.15, 0.2) is 0 Å². The van der Waals surface area contributed by atoms with Gasteiger partial charge in [-0.25, -0.2) is 0 Å². The van der Waals surface area contributed by atoms with E-state index in [-0.39, 0.29) is 12.0 Å². The molecular weight excluding hydrogens is 585 g/mol. The monoisotopic (exact) mass is 614 g/mol. The summed E-state index contributed by atoms with van der Waals surface area (Å²) in [5.41, 5.74) is 13.6. The molecular formula is C44H30N4. The molecule has 2 aliphatic carbocycles. The molecule has 0 amide bonds. The molecule has 2 atom stereocenters. The summed E-state index contributed by atoms with van der Waals surface area (Å²) in [6.45, 7) is 0. The fourth-order valence-corrected chi connectivity index (χ4v) is 7.94. The maximum Gasteiger partial charge on any atom is 0.0998 e. The largest absolute Gasteiger partial charge is 0.333 e. The molecule has 9 rings (SSSR count). The number of hydrogen-bond acceptors (Lipinski definition) is 3. The number of allylic oxidation sites excluding steroid dienone is 3. The van der Waals surface area contributed by atoms with Crippen LogP contribution >= 0.6 is 0 Å². The highest BCUT2D eigenvalue weighted by Gasteiger charge is 2.37. The van der Waals surface area contributed by atoms with Crippen molar-refractivity contribution in [2.75, 3.05) is 4.90 Å². The third-order valence-electron chi connectivity index (χ3n) is 10.1. The summed E-state index contributed by atoms with van der Waals surface area (Å²) in [5, 5.41) is 21.3. The van der Waals surface area contributed by atoms with E-state index in [1.807, 2.05) is 24.3 Å². The van der Waals surface area contributed by atoms with Crippen molar-refractivity contribution in [2.24, 2.45) is 0 Å². The molecule has 4 nitrogen and oxygen atoms in total. The van der Waals surface area contributed by atoms with Gasteiger partial charge in [-0.05, 0) is 89.7 Å². The Morgan fingerprint density at radius 2 is 1.52 bits per heavy atom. The first kappa shape index (κ1) is 27.9. The molecule has 48 heavy (non-hydrogen) atoms. The summed E-state index contributed by atoms with van der Waals surface area (Å²) in [7, 11) is 0. The molecule has 0 saturated heterocycles. The quantitative estimate of drug-likeness (QED) is 0.199. The van der Waals surface area contributed by atoms with Crippen molar-refractivity contribution in [2.45, 2.75) is 24.8 Å². The van der Waals surface area contributed by atoms with Gasteiger partial charge in [0.25, 0.3) is 0 Å². The Morgan fingerprint density at radius 1 is 0.688 bits per heavy atom. The molecule has 1 aliphatic heterocycles. The summed E-state index contributed by atoms with van der Waals surface area (Å²) in [6.07, 6.45) is 15.3. The molecule has 0 radical (unpaired) electrons. The summed E-state index contributed by atoms with van der Waals surface area (Å²) in [6, 6.07) is 42.8. The van der Waals surface area contributed by atoms with Gasteiger partial charge in [0.05, 0.1) is 40.5 Å². The molecule has 2 heterocycles. The summed E-state index contributed by atoms with van der Waals surface area (Å²) < 4.78 is 2.41. The van der Waals surface area contributed by atoms with Crippen LogP contribution in [0.3, 0.4) is 0 Å². The minimum Gasteiger partial charge on any atom is -0.333 e. The predicted molar refractivity (Wildman–Crippen MR) is 194 cm³/mol. The van der Waals surface area contributed by atoms with Crippen molar-refractivity contribution in [3.63, 3.8) is 0 Å². The molecule has 1 aromatic heterocycles. The van der Waals surface area contributed by atoms with E-state index in [1.165, 1.54) is 27.7 Å². The van der Waals surface area contributed by atoms with Gasteiger partial charge in [-0.1, -0.05) is 91.0 Å². The Kier molecular flexibility index (Phi) is 6.49. The van der Waals surface area contributed by atoms with Crippen LogP contribution in [0.5, 0.6) is 0 Å². The van der Waals surface area contributed by atoms with Crippen LogP contribution in [0.1, 0.15) is 40.3 Å². The average Bonchev–Trinajstić information content (AvgIpc) is 3.67. The van der Waals surface area contributed by atoms with Gasteiger partial charge < -0.3 is 9.47 Å². The van der Waals surface area contributed by atoms with E-state index in [1.54, 1.807) is 0 Å². The molecule has 0 bridgehead atoms. The number of rotatable bonds is 4. The minimum atomic E-state index is 0.0920. The number of aromatic nitrogens is 1. The van der Waals surface area contributed by atoms with Crippen LogP contribution in [-0.4, -0.2) is 10.6 Å². The van der Waals surface area contributed by atoms with Crippen LogP contribution in [0.25, 0.3) is 44.9 Å². The fourth-order valence-electron chi connectivity index (χ4n) is 7.94. The zero-order valence-electron chi connectivity index (χ0n) is 26.2. The first-order valence-electron chi connectivity index (χ1n) is 16.4. The van der Waals surface area contributed by atoms with Gasteiger partial charge >= 0.3 is 0 Å². The van der Waals surface area contributed by atoms with E-state index < -0.39 is 0 Å². The number of nitriles is 2. The lowest BCUT2D eigenvalue weighted by Gasteiger charge is -2.29. The molecule has 3 aliphatic rings. The molecule has 2 unspecified atom stereocenters. The van der Waals surface area contributed by atoms with Crippen LogP contribution in [-0.2, 0) is 6.42 Å². The third-order valence-corrected chi connectivity index (χ3v) is 10.1. The van der Waals surface area contributed by atoms with Crippen molar-refractivity contribution >= 4 is 28.4 Å². The summed E-state index contributed by atoms with van der Waals surface area (Å²) in [5.74, 6) is 0.196. The lowest BCUT2D eigenvalue weighted by atomic mass is 9.91. The van der Waals surface area contributed by atoms with E-state index in [9.17, 15) is 10.5 Å². The number of aryl methyl sites for hydroxylation is 1. The van der Waals surface area contributed by atoms with Crippen LogP contribution in [0.2, 0.25) is 0 Å². The van der Waals surface area contributed by atoms with Crippen molar-refractivity contribution in [1.29, 1.82) is 10.5 Å². The zero-order valence-corrected chi connectivity index (χ0v) is 26.2. The van der Waals surface area contributed by atoms with Gasteiger partial charge in [0, 0.05) is 39.5 Å². The van der Waals surface area contributed by atoms with Gasteiger partial charge in [0.1, 0.15) is 0 Å². The molecule has 0 fully saturated rings. The van der Waals surface area contributed by atoms with Crippen molar-refractivity contribution in [1.82, 2.24) is 4.57 Å². The third kappa shape index (κ3) is 4.28. The van der Waals surface area contributed by atoms with Crippen molar-refractivity contribution in [3.8, 4) is 40.1 Å². The zero-order chi connectivity index (χ0) is 32.2. The van der Waals surface area contributed by atoms with E-state index in [0.29, 0.717) is 11.1 Å². The first-order chi connectivity index (χ1) is 23.7. The highest BCUT2D eigenvalue weighted by atomic mass is 15.2. The second-order valence-electron chi connectivity index (χ2n) is 12.6. The molecule has 0 N–H and O–H groups in total. The number of fused-ring (bicyclic) bond motifs is 6. The maximum absolute atomic E-state index is 10.3. The van der Waals surface area contributed by atoms with E-state index in [4.69, 9.17) is 0 Å². The van der Waals surface area contributed by atoms with E-state index in [0.717, 1.165) is 52.2 Å². The first-order valence-corrected chi connectivity index (χ1v) is 16.4. The van der Waals surface area contributed by atoms with Gasteiger partial charge in [-0.15, -0.1) is 0 Å². The number of anilines is 2. The van der Waals surface area contributed by atoms with E-state index >= 15 is 0 Å². The van der Waals surface area contributed by atoms with Gasteiger partial charge in [-0.3, -0.25) is 0 Å². The topological polar surface area (TPSA) is 55.8 Å². The highest BCUT2D eigenvalue weighted by Crippen LogP contribution is 2.49. The smallest absolute Gasteiger partial charge is 0.0998 e. The number of benzene rings is 5. The Hall–Kier alpha value is -6.36. The standard InChI is InChI=1S/C44H30N4/c45-27-29-20-23-38-37-15-2-6-17-41(37)47(44(38)24-29)33-22-21-32(28-46)39(26-33)31-11-9-10-30(25-31)34-12-1-5-16-40(34)48-42-18-7-3-13-35(42)36-14-4-8-19-43(36)48/h1-3,5-13,15-26,37,41H,4,14H2. The highest BCUT2D eigenvalue weighted by molar-refractivity contribution is 5.93. The number of nitrogens with zero attached hydrogens (tertiary/aromatic N) is 4. The van der Waals surface area contributed by atoms with Gasteiger partial charge in [0.2, 0.25) is 0 Å². The van der Waals surface area contributed by atoms with Gasteiger partial charge in [-0.2, -0.15) is 10.5 Å². The summed E-state index contributed by atoms with van der Waals surface area (Å²) >= 11 is 0. The Morgan fingerprint density at radius 3 is 2.42 bits per heavy atom. The van der Waals surface area contributed by atoms with Crippen LogP contribution in [0, 0.1) is 22.7 Å². The molecule has 0 spiro atoms. The average molecular weight is 615 g/mol. The second kappa shape index (κ2) is 11.2. The number of hydrogen-bond donors (Lipinski definition) is 0. The van der Waals surface area contributed by atoms with Crippen LogP contribution in [0.15, 0.2) is 140 Å². The molecule has 0 saturated carbocycles. The van der Waals surface area contributed by atoms with Crippen LogP contribution < -0.4 is 4.90 Å². The number of para-hydroxylation sites is 2. The van der Waals surface area contributed by atoms with E-state index in [2.05, 4.69) is 143 Å². The summed E-state index contributed by atoms with van der Waals surface area (Å²) in [4.78, 5) is 2.32. The van der Waals surface area contributed by atoms with Crippen molar-refractivity contribution in [3.05, 3.63) is 168 Å². The predicted octanol–water partition coefficient (Wildman–Crippen LogP) is 10.4. The Labute approximate surface area is 280 Å². The molecule has 4 heteroatoms. The fraction of sp³-hybridized carbons (Fsp3) is 0.0909. The lowest BCUT2D eigenvalue weighted by molar-refractivity contribution is 0.745. The molecule has 5 aromatic carbocycles. The molecule has 6 aromatic rings. The SMILES string of the molecule is N#Cc1ccc2c(c1)N(c1ccc(C#N)c(-c3cccc(-c4ccccc4-n4c5c(c6ccccc64)CCC=C5)c3)c1)C1C=CC=CC21. The Bertz CT molecular complexity index is 2460. The lowest BCUT2D eigenvalue weighted by Crippen LogP contribution is -2.28. The van der Waals surface area contributed by atoms with Crippen LogP contribution in [0.4, 0.5) is 11.4 Å². The Balaban J connectivity index is 1.18.